The summed E-state index contributed by atoms with van der Waals surface area (Å²) in [7, 11) is 0. The molecule has 1 N–H and O–H groups in total. The van der Waals surface area contributed by atoms with Crippen molar-refractivity contribution in [1.82, 2.24) is 0 Å². The van der Waals surface area contributed by atoms with Crippen LogP contribution in [-0.4, -0.2) is 16.9 Å². The third-order valence-corrected chi connectivity index (χ3v) is 5.81. The lowest BCUT2D eigenvalue weighted by Gasteiger charge is -2.26. The van der Waals surface area contributed by atoms with Gasteiger partial charge in [-0.2, -0.15) is 0 Å². The molecule has 0 spiro atoms. The molecule has 0 saturated carbocycles. The molecule has 5 rings (SSSR count). The topological polar surface area (TPSA) is 93.8 Å². The summed E-state index contributed by atoms with van der Waals surface area (Å²) in [6.07, 6.45) is 1.12. The maximum Gasteiger partial charge on any atom is 0.312 e. The SMILES string of the molecule is O=C1C[C@@H](c2coc3ccccc3c2=O)c2c(ccc(C(=O)c3ccc(Cl)cc3)c2O)O1. The Morgan fingerprint density at radius 1 is 1.00 bits per heavy atom. The van der Waals surface area contributed by atoms with Crippen LogP contribution >= 0.6 is 11.6 Å². The second-order valence-corrected chi connectivity index (χ2v) is 7.89. The van der Waals surface area contributed by atoms with Gasteiger partial charge in [-0.25, -0.2) is 0 Å². The van der Waals surface area contributed by atoms with Crippen LogP contribution in [0.3, 0.4) is 0 Å². The number of fused-ring (bicyclic) bond motifs is 2. The van der Waals surface area contributed by atoms with Crippen LogP contribution in [0.5, 0.6) is 11.5 Å². The van der Waals surface area contributed by atoms with Crippen LogP contribution in [0.4, 0.5) is 0 Å². The molecular weight excluding hydrogens is 432 g/mol. The number of phenolic OH excluding ortho intramolecular Hbond substituents is 1. The summed E-state index contributed by atoms with van der Waals surface area (Å²) in [4.78, 5) is 38.4. The minimum absolute atomic E-state index is 0.0270. The van der Waals surface area contributed by atoms with Gasteiger partial charge in [0.2, 0.25) is 0 Å². The number of esters is 1. The van der Waals surface area contributed by atoms with Gasteiger partial charge in [0, 0.05) is 27.6 Å². The van der Waals surface area contributed by atoms with E-state index in [0.29, 0.717) is 21.6 Å². The van der Waals surface area contributed by atoms with E-state index in [1.54, 1.807) is 48.5 Å². The van der Waals surface area contributed by atoms with Crippen molar-refractivity contribution in [3.8, 4) is 11.5 Å². The molecule has 6 nitrogen and oxygen atoms in total. The highest BCUT2D eigenvalue weighted by molar-refractivity contribution is 6.30. The maximum absolute atomic E-state index is 13.2. The molecule has 1 aromatic heterocycles. The number of phenols is 1. The molecule has 1 aliphatic rings. The van der Waals surface area contributed by atoms with E-state index < -0.39 is 17.7 Å². The Hall–Kier alpha value is -3.90. The van der Waals surface area contributed by atoms with Gasteiger partial charge in [0.05, 0.1) is 23.6 Å². The number of benzene rings is 3. The zero-order valence-electron chi connectivity index (χ0n) is 16.5. The molecule has 4 aromatic rings. The van der Waals surface area contributed by atoms with Gasteiger partial charge < -0.3 is 14.3 Å². The predicted molar refractivity (Wildman–Crippen MR) is 118 cm³/mol. The fourth-order valence-electron chi connectivity index (χ4n) is 3.99. The summed E-state index contributed by atoms with van der Waals surface area (Å²) >= 11 is 5.90. The minimum Gasteiger partial charge on any atom is -0.507 e. The van der Waals surface area contributed by atoms with Crippen molar-refractivity contribution in [3.05, 3.63) is 104 Å². The van der Waals surface area contributed by atoms with Gasteiger partial charge in [-0.15, -0.1) is 0 Å². The highest BCUT2D eigenvalue weighted by Gasteiger charge is 2.35. The Balaban J connectivity index is 1.68. The smallest absolute Gasteiger partial charge is 0.312 e. The molecule has 3 aromatic carbocycles. The van der Waals surface area contributed by atoms with E-state index in [1.807, 2.05) is 0 Å². The minimum atomic E-state index is -0.829. The Bertz CT molecular complexity index is 1450. The van der Waals surface area contributed by atoms with Crippen LogP contribution in [-0.2, 0) is 4.79 Å². The Morgan fingerprint density at radius 2 is 1.75 bits per heavy atom. The Morgan fingerprint density at radius 3 is 2.53 bits per heavy atom. The largest absolute Gasteiger partial charge is 0.507 e. The molecule has 0 unspecified atom stereocenters. The predicted octanol–water partition coefficient (Wildman–Crippen LogP) is 4.82. The molecular formula is C25H15ClO6. The van der Waals surface area contributed by atoms with Crippen molar-refractivity contribution < 1.29 is 23.8 Å². The Labute approximate surface area is 186 Å². The number of aromatic hydroxyl groups is 1. The van der Waals surface area contributed by atoms with Crippen molar-refractivity contribution in [1.29, 1.82) is 0 Å². The molecule has 0 saturated heterocycles. The number of halogens is 1. The van der Waals surface area contributed by atoms with Crippen LogP contribution in [0.15, 0.2) is 76.1 Å². The van der Waals surface area contributed by atoms with Crippen LogP contribution in [0.1, 0.15) is 39.4 Å². The average molecular weight is 447 g/mol. The van der Waals surface area contributed by atoms with Crippen LogP contribution in [0.25, 0.3) is 11.0 Å². The van der Waals surface area contributed by atoms with Gasteiger partial charge >= 0.3 is 5.97 Å². The number of ether oxygens (including phenoxy) is 1. The quantitative estimate of drug-likeness (QED) is 0.275. The standard InChI is InChI=1S/C25H15ClO6/c26-14-7-5-13(6-8-14)23(28)16-9-10-20-22(25(16)30)17(11-21(27)32-20)18-12-31-19-4-2-1-3-15(19)24(18)29/h1-10,12,17,30H,11H2/t17-/m0/s1. The molecule has 1 atom stereocenters. The summed E-state index contributed by atoms with van der Waals surface area (Å²) in [5.74, 6) is -2.05. The van der Waals surface area contributed by atoms with Gasteiger partial charge in [-0.05, 0) is 48.5 Å². The van der Waals surface area contributed by atoms with E-state index in [0.717, 1.165) is 0 Å². The molecule has 0 fully saturated rings. The first kappa shape index (κ1) is 20.0. The van der Waals surface area contributed by atoms with Gasteiger partial charge in [0.25, 0.3) is 0 Å². The molecule has 32 heavy (non-hydrogen) atoms. The number of para-hydroxylation sites is 1. The molecule has 158 valence electrons. The fourth-order valence-corrected chi connectivity index (χ4v) is 4.11. The van der Waals surface area contributed by atoms with E-state index in [4.69, 9.17) is 20.8 Å². The first-order valence-electron chi connectivity index (χ1n) is 9.81. The fraction of sp³-hybridized carbons (Fsp3) is 0.0800. The highest BCUT2D eigenvalue weighted by atomic mass is 35.5. The second kappa shape index (κ2) is 7.66. The van der Waals surface area contributed by atoms with E-state index in [1.165, 1.54) is 18.4 Å². The number of ketones is 1. The summed E-state index contributed by atoms with van der Waals surface area (Å²) in [6.45, 7) is 0. The summed E-state index contributed by atoms with van der Waals surface area (Å²) < 4.78 is 10.9. The summed E-state index contributed by atoms with van der Waals surface area (Å²) in [5.41, 5.74) is 0.862. The van der Waals surface area contributed by atoms with Gasteiger partial charge in [0.1, 0.15) is 17.1 Å². The Kier molecular flexibility index (Phi) is 4.79. The first-order valence-corrected chi connectivity index (χ1v) is 10.2. The highest BCUT2D eigenvalue weighted by Crippen LogP contribution is 2.45. The number of carbonyl (C=O) groups excluding carboxylic acids is 2. The summed E-state index contributed by atoms with van der Waals surface area (Å²) in [5, 5.41) is 11.9. The number of carbonyl (C=O) groups is 2. The van der Waals surface area contributed by atoms with Gasteiger partial charge in [-0.3, -0.25) is 14.4 Å². The summed E-state index contributed by atoms with van der Waals surface area (Å²) in [6, 6.07) is 15.9. The molecule has 0 bridgehead atoms. The van der Waals surface area contributed by atoms with Crippen molar-refractivity contribution in [3.63, 3.8) is 0 Å². The van der Waals surface area contributed by atoms with E-state index in [2.05, 4.69) is 0 Å². The van der Waals surface area contributed by atoms with Crippen molar-refractivity contribution in [2.45, 2.75) is 12.3 Å². The maximum atomic E-state index is 13.2. The number of rotatable bonds is 3. The molecule has 1 aliphatic heterocycles. The third-order valence-electron chi connectivity index (χ3n) is 5.55. The first-order chi connectivity index (χ1) is 15.4. The van der Waals surface area contributed by atoms with Crippen molar-refractivity contribution in [2.75, 3.05) is 0 Å². The lowest BCUT2D eigenvalue weighted by atomic mass is 9.84. The average Bonchev–Trinajstić information content (AvgIpc) is 2.79. The van der Waals surface area contributed by atoms with Crippen LogP contribution in [0, 0.1) is 0 Å². The van der Waals surface area contributed by atoms with Crippen LogP contribution in [0.2, 0.25) is 5.02 Å². The van der Waals surface area contributed by atoms with Crippen molar-refractivity contribution >= 4 is 34.3 Å². The molecule has 0 aliphatic carbocycles. The third kappa shape index (κ3) is 3.25. The molecule has 7 heteroatoms. The number of hydrogen-bond donors (Lipinski definition) is 1. The zero-order valence-corrected chi connectivity index (χ0v) is 17.3. The number of hydrogen-bond acceptors (Lipinski definition) is 6. The van der Waals surface area contributed by atoms with E-state index >= 15 is 0 Å². The van der Waals surface area contributed by atoms with Crippen molar-refractivity contribution in [2.24, 2.45) is 0 Å². The monoisotopic (exact) mass is 446 g/mol. The van der Waals surface area contributed by atoms with Gasteiger partial charge in [-0.1, -0.05) is 23.7 Å². The van der Waals surface area contributed by atoms with Crippen LogP contribution < -0.4 is 10.2 Å². The molecule has 0 radical (unpaired) electrons. The normalized spacial score (nSPS) is 15.3. The van der Waals surface area contributed by atoms with E-state index in [9.17, 15) is 19.5 Å². The molecule has 2 heterocycles. The molecule has 0 amide bonds. The van der Waals surface area contributed by atoms with Gasteiger partial charge in [0.15, 0.2) is 11.2 Å². The second-order valence-electron chi connectivity index (χ2n) is 7.46. The lowest BCUT2D eigenvalue weighted by Crippen LogP contribution is -2.25. The zero-order chi connectivity index (χ0) is 22.4. The van der Waals surface area contributed by atoms with E-state index in [-0.39, 0.29) is 40.0 Å². The lowest BCUT2D eigenvalue weighted by molar-refractivity contribution is -0.135.